The second-order valence-corrected chi connectivity index (χ2v) is 5.17. The fourth-order valence-electron chi connectivity index (χ4n) is 1.83. The quantitative estimate of drug-likeness (QED) is 0.831. The van der Waals surface area contributed by atoms with Crippen molar-refractivity contribution < 1.29 is 0 Å². The fraction of sp³-hybridized carbons (Fsp3) is 0.750. The molecule has 0 aromatic carbocycles. The second-order valence-electron chi connectivity index (χ2n) is 5.17. The molecule has 1 rings (SSSR count). The standard InChI is InChI=1S/C12H23N3/c1-6-7-11-10(9(2)13)8-14-15(11)12(3,4)5/h8-9H,6-7,13H2,1-5H3. The predicted molar refractivity (Wildman–Crippen MR) is 63.8 cm³/mol. The largest absolute Gasteiger partial charge is 0.324 e. The number of aromatic nitrogens is 2. The van der Waals surface area contributed by atoms with E-state index in [-0.39, 0.29) is 11.6 Å². The molecule has 0 saturated carbocycles. The summed E-state index contributed by atoms with van der Waals surface area (Å²) in [7, 11) is 0. The minimum Gasteiger partial charge on any atom is -0.324 e. The van der Waals surface area contributed by atoms with Gasteiger partial charge in [0, 0.05) is 17.3 Å². The van der Waals surface area contributed by atoms with Gasteiger partial charge in [-0.05, 0) is 34.1 Å². The first-order valence-electron chi connectivity index (χ1n) is 5.70. The van der Waals surface area contributed by atoms with Crippen molar-refractivity contribution in [2.24, 2.45) is 5.73 Å². The van der Waals surface area contributed by atoms with Crippen molar-refractivity contribution in [1.82, 2.24) is 9.78 Å². The Kier molecular flexibility index (Phi) is 3.55. The molecule has 0 saturated heterocycles. The lowest BCUT2D eigenvalue weighted by atomic mass is 10.0. The number of hydrogen-bond acceptors (Lipinski definition) is 2. The lowest BCUT2D eigenvalue weighted by Crippen LogP contribution is -2.26. The Labute approximate surface area is 92.7 Å². The van der Waals surface area contributed by atoms with E-state index in [1.807, 2.05) is 13.1 Å². The summed E-state index contributed by atoms with van der Waals surface area (Å²) in [5.74, 6) is 0. The second kappa shape index (κ2) is 4.35. The molecular weight excluding hydrogens is 186 g/mol. The van der Waals surface area contributed by atoms with Crippen LogP contribution in [0.15, 0.2) is 6.20 Å². The first-order valence-corrected chi connectivity index (χ1v) is 5.70. The highest BCUT2D eigenvalue weighted by Gasteiger charge is 2.21. The molecule has 0 fully saturated rings. The van der Waals surface area contributed by atoms with Gasteiger partial charge < -0.3 is 5.73 Å². The molecule has 0 bridgehead atoms. The van der Waals surface area contributed by atoms with Crippen LogP contribution in [0.3, 0.4) is 0 Å². The van der Waals surface area contributed by atoms with Crippen LogP contribution in [0.2, 0.25) is 0 Å². The lowest BCUT2D eigenvalue weighted by molar-refractivity contribution is 0.342. The third kappa shape index (κ3) is 2.59. The molecule has 1 aromatic heterocycles. The summed E-state index contributed by atoms with van der Waals surface area (Å²) in [5, 5.41) is 4.46. The van der Waals surface area contributed by atoms with Crippen LogP contribution in [-0.2, 0) is 12.0 Å². The summed E-state index contributed by atoms with van der Waals surface area (Å²) in [6.07, 6.45) is 4.09. The summed E-state index contributed by atoms with van der Waals surface area (Å²) in [6, 6.07) is 0.0719. The van der Waals surface area contributed by atoms with E-state index in [0.717, 1.165) is 12.8 Å². The van der Waals surface area contributed by atoms with Crippen molar-refractivity contribution >= 4 is 0 Å². The van der Waals surface area contributed by atoms with E-state index >= 15 is 0 Å². The normalized spacial score (nSPS) is 14.3. The van der Waals surface area contributed by atoms with E-state index < -0.39 is 0 Å². The molecule has 15 heavy (non-hydrogen) atoms. The van der Waals surface area contributed by atoms with Crippen LogP contribution in [0.4, 0.5) is 0 Å². The summed E-state index contributed by atoms with van der Waals surface area (Å²) in [6.45, 7) is 10.7. The Morgan fingerprint density at radius 2 is 2.07 bits per heavy atom. The Morgan fingerprint density at radius 3 is 2.47 bits per heavy atom. The maximum atomic E-state index is 5.95. The van der Waals surface area contributed by atoms with Crippen LogP contribution in [0.25, 0.3) is 0 Å². The molecule has 0 aliphatic carbocycles. The Balaban J connectivity index is 3.18. The van der Waals surface area contributed by atoms with E-state index in [9.17, 15) is 0 Å². The molecule has 1 heterocycles. The van der Waals surface area contributed by atoms with Crippen LogP contribution < -0.4 is 5.73 Å². The molecule has 1 unspecified atom stereocenters. The van der Waals surface area contributed by atoms with Gasteiger partial charge in [-0.1, -0.05) is 13.3 Å². The van der Waals surface area contributed by atoms with Gasteiger partial charge in [0.25, 0.3) is 0 Å². The Hall–Kier alpha value is -0.830. The van der Waals surface area contributed by atoms with Crippen LogP contribution >= 0.6 is 0 Å². The monoisotopic (exact) mass is 209 g/mol. The highest BCUT2D eigenvalue weighted by Crippen LogP contribution is 2.23. The Bertz CT molecular complexity index is 318. The molecular formula is C12H23N3. The minimum absolute atomic E-state index is 0.0393. The average Bonchev–Trinajstić information content (AvgIpc) is 2.47. The topological polar surface area (TPSA) is 43.8 Å². The van der Waals surface area contributed by atoms with Crippen LogP contribution in [0.5, 0.6) is 0 Å². The first kappa shape index (κ1) is 12.2. The summed E-state index contributed by atoms with van der Waals surface area (Å²) < 4.78 is 2.11. The van der Waals surface area contributed by atoms with Gasteiger partial charge in [-0.25, -0.2) is 0 Å². The molecule has 1 atom stereocenters. The van der Waals surface area contributed by atoms with Crippen LogP contribution in [-0.4, -0.2) is 9.78 Å². The summed E-state index contributed by atoms with van der Waals surface area (Å²) in [5.41, 5.74) is 8.47. The average molecular weight is 209 g/mol. The van der Waals surface area contributed by atoms with Crippen LogP contribution in [0, 0.1) is 0 Å². The maximum Gasteiger partial charge on any atom is 0.0546 e. The van der Waals surface area contributed by atoms with Crippen molar-refractivity contribution in [3.63, 3.8) is 0 Å². The third-order valence-electron chi connectivity index (χ3n) is 2.51. The van der Waals surface area contributed by atoms with Gasteiger partial charge in [0.15, 0.2) is 0 Å². The molecule has 1 aromatic rings. The van der Waals surface area contributed by atoms with Gasteiger partial charge >= 0.3 is 0 Å². The zero-order chi connectivity index (χ0) is 11.6. The molecule has 86 valence electrons. The highest BCUT2D eigenvalue weighted by molar-refractivity contribution is 5.22. The number of hydrogen-bond donors (Lipinski definition) is 1. The van der Waals surface area contributed by atoms with Crippen LogP contribution in [0.1, 0.15) is 58.3 Å². The van der Waals surface area contributed by atoms with E-state index in [0.29, 0.717) is 0 Å². The van der Waals surface area contributed by atoms with Gasteiger partial charge in [0.2, 0.25) is 0 Å². The van der Waals surface area contributed by atoms with Gasteiger partial charge in [0.1, 0.15) is 0 Å². The molecule has 0 aliphatic rings. The highest BCUT2D eigenvalue weighted by atomic mass is 15.3. The van der Waals surface area contributed by atoms with E-state index in [4.69, 9.17) is 5.73 Å². The van der Waals surface area contributed by atoms with Gasteiger partial charge in [-0.2, -0.15) is 5.10 Å². The molecule has 0 spiro atoms. The lowest BCUT2D eigenvalue weighted by Gasteiger charge is -2.23. The van der Waals surface area contributed by atoms with Crippen molar-refractivity contribution in [2.75, 3.05) is 0 Å². The first-order chi connectivity index (χ1) is 6.88. The number of nitrogens with zero attached hydrogens (tertiary/aromatic N) is 2. The predicted octanol–water partition coefficient (Wildman–Crippen LogP) is 2.61. The van der Waals surface area contributed by atoms with E-state index in [2.05, 4.69) is 37.5 Å². The van der Waals surface area contributed by atoms with E-state index in [1.165, 1.54) is 11.3 Å². The van der Waals surface area contributed by atoms with Crippen molar-refractivity contribution in [3.8, 4) is 0 Å². The SMILES string of the molecule is CCCc1c(C(C)N)cnn1C(C)(C)C. The van der Waals surface area contributed by atoms with Crippen molar-refractivity contribution in [1.29, 1.82) is 0 Å². The molecule has 3 nitrogen and oxygen atoms in total. The number of rotatable bonds is 3. The van der Waals surface area contributed by atoms with Gasteiger partial charge in [-0.3, -0.25) is 4.68 Å². The minimum atomic E-state index is 0.0393. The zero-order valence-electron chi connectivity index (χ0n) is 10.5. The zero-order valence-corrected chi connectivity index (χ0v) is 10.5. The van der Waals surface area contributed by atoms with Gasteiger partial charge in [0.05, 0.1) is 11.7 Å². The Morgan fingerprint density at radius 1 is 1.47 bits per heavy atom. The molecule has 0 amide bonds. The molecule has 3 heteroatoms. The smallest absolute Gasteiger partial charge is 0.0546 e. The summed E-state index contributed by atoms with van der Waals surface area (Å²) in [4.78, 5) is 0. The van der Waals surface area contributed by atoms with Crippen molar-refractivity contribution in [2.45, 2.75) is 59.0 Å². The fourth-order valence-corrected chi connectivity index (χ4v) is 1.83. The van der Waals surface area contributed by atoms with E-state index in [1.54, 1.807) is 0 Å². The number of nitrogens with two attached hydrogens (primary N) is 1. The van der Waals surface area contributed by atoms with Crippen molar-refractivity contribution in [3.05, 3.63) is 17.5 Å². The van der Waals surface area contributed by atoms with Gasteiger partial charge in [-0.15, -0.1) is 0 Å². The molecule has 2 N–H and O–H groups in total. The third-order valence-corrected chi connectivity index (χ3v) is 2.51. The summed E-state index contributed by atoms with van der Waals surface area (Å²) >= 11 is 0. The molecule has 0 radical (unpaired) electrons. The molecule has 0 aliphatic heterocycles. The maximum absolute atomic E-state index is 5.95.